The Morgan fingerprint density at radius 3 is 2.85 bits per heavy atom. The Bertz CT molecular complexity index is 914. The van der Waals surface area contributed by atoms with Gasteiger partial charge in [-0.15, -0.1) is 0 Å². The Kier molecular flexibility index (Phi) is 3.72. The third kappa shape index (κ3) is 2.39. The van der Waals surface area contributed by atoms with Gasteiger partial charge in [0.15, 0.2) is 29.3 Å². The van der Waals surface area contributed by atoms with Crippen molar-refractivity contribution in [1.29, 1.82) is 0 Å². The molecule has 5 rings (SSSR count). The van der Waals surface area contributed by atoms with Crippen LogP contribution in [-0.4, -0.2) is 42.6 Å². The molecule has 0 bridgehead atoms. The minimum absolute atomic E-state index is 0.0640. The molecule has 0 aromatic heterocycles. The van der Waals surface area contributed by atoms with Gasteiger partial charge in [0.05, 0.1) is 18.7 Å². The van der Waals surface area contributed by atoms with Crippen LogP contribution in [0.25, 0.3) is 0 Å². The highest BCUT2D eigenvalue weighted by Crippen LogP contribution is 2.54. The van der Waals surface area contributed by atoms with E-state index in [1.165, 1.54) is 7.11 Å². The van der Waals surface area contributed by atoms with Crippen molar-refractivity contribution in [3.63, 3.8) is 0 Å². The largest absolute Gasteiger partial charge is 0.504 e. The summed E-state index contributed by atoms with van der Waals surface area (Å²) >= 11 is 0. The quantitative estimate of drug-likeness (QED) is 0.797. The number of aliphatic hydroxyl groups is 1. The molecule has 2 aromatic carbocycles. The second-order valence-corrected chi connectivity index (χ2v) is 7.11. The Balaban J connectivity index is 1.68. The molecule has 3 aliphatic heterocycles. The molecular formula is C20H21NO6. The van der Waals surface area contributed by atoms with Crippen LogP contribution in [0, 0.1) is 0 Å². The molecule has 0 fully saturated rings. The first-order valence-corrected chi connectivity index (χ1v) is 8.94. The fourth-order valence-electron chi connectivity index (χ4n) is 4.39. The van der Waals surface area contributed by atoms with Crippen molar-refractivity contribution in [2.45, 2.75) is 24.9 Å². The van der Waals surface area contributed by atoms with Crippen molar-refractivity contribution in [3.05, 3.63) is 46.5 Å². The number of benzene rings is 2. The summed E-state index contributed by atoms with van der Waals surface area (Å²) in [6, 6.07) is 7.27. The lowest BCUT2D eigenvalue weighted by atomic mass is 9.87. The number of rotatable bonds is 1. The highest BCUT2D eigenvalue weighted by Gasteiger charge is 2.43. The number of phenols is 1. The molecule has 0 unspecified atom stereocenters. The predicted molar refractivity (Wildman–Crippen MR) is 95.1 cm³/mol. The highest BCUT2D eigenvalue weighted by atomic mass is 16.7. The molecule has 3 aliphatic rings. The molecule has 0 saturated heterocycles. The van der Waals surface area contributed by atoms with Crippen LogP contribution in [0.4, 0.5) is 0 Å². The van der Waals surface area contributed by atoms with Gasteiger partial charge in [-0.1, -0.05) is 6.07 Å². The zero-order valence-electron chi connectivity index (χ0n) is 15.1. The number of fused-ring (bicyclic) bond motifs is 7. The van der Waals surface area contributed by atoms with E-state index in [-0.39, 0.29) is 18.6 Å². The smallest absolute Gasteiger partial charge is 0.231 e. The molecular weight excluding hydrogens is 350 g/mol. The Morgan fingerprint density at radius 2 is 2.04 bits per heavy atom. The minimum Gasteiger partial charge on any atom is -0.504 e. The summed E-state index contributed by atoms with van der Waals surface area (Å²) in [6.45, 7) is 0.939. The maximum absolute atomic E-state index is 10.8. The first-order chi connectivity index (χ1) is 13.1. The van der Waals surface area contributed by atoms with Crippen molar-refractivity contribution >= 4 is 0 Å². The third-order valence-corrected chi connectivity index (χ3v) is 5.70. The van der Waals surface area contributed by atoms with Gasteiger partial charge in [0.1, 0.15) is 6.10 Å². The molecule has 0 amide bonds. The van der Waals surface area contributed by atoms with Crippen LogP contribution in [0.1, 0.15) is 40.7 Å². The zero-order valence-corrected chi connectivity index (χ0v) is 15.1. The standard InChI is InChI=1S/C20H21NO6/c1-21-6-5-10-7-15(24-2)13(22)8-12(10)18-17(21)11-3-4-14-19(26-9-25-14)16(11)20(23)27-18/h3-4,7-8,17-18,20,22-23H,5-6,9H2,1-2H3/t17-,18-,20-/m1/s1. The normalized spacial score (nSPS) is 26.0. The number of aromatic hydroxyl groups is 1. The Morgan fingerprint density at radius 1 is 1.19 bits per heavy atom. The molecule has 0 spiro atoms. The molecule has 3 atom stereocenters. The average molecular weight is 371 g/mol. The minimum atomic E-state index is -1.14. The number of ether oxygens (including phenoxy) is 4. The summed E-state index contributed by atoms with van der Waals surface area (Å²) < 4.78 is 22.4. The van der Waals surface area contributed by atoms with Crippen molar-refractivity contribution in [3.8, 4) is 23.0 Å². The number of hydrogen-bond acceptors (Lipinski definition) is 7. The van der Waals surface area contributed by atoms with E-state index in [1.807, 2.05) is 25.2 Å². The van der Waals surface area contributed by atoms with Gasteiger partial charge in [0.2, 0.25) is 6.79 Å². The first-order valence-electron chi connectivity index (χ1n) is 8.94. The number of nitrogens with zero attached hydrogens (tertiary/aromatic N) is 1. The van der Waals surface area contributed by atoms with E-state index in [1.54, 1.807) is 6.07 Å². The van der Waals surface area contributed by atoms with Crippen molar-refractivity contribution in [2.75, 3.05) is 27.5 Å². The van der Waals surface area contributed by atoms with Crippen molar-refractivity contribution in [2.24, 2.45) is 0 Å². The number of likely N-dealkylation sites (N-methyl/N-ethyl adjacent to an activating group) is 1. The molecule has 7 nitrogen and oxygen atoms in total. The van der Waals surface area contributed by atoms with Gasteiger partial charge in [-0.25, -0.2) is 0 Å². The first kappa shape index (κ1) is 16.7. The molecule has 0 aliphatic carbocycles. The van der Waals surface area contributed by atoms with E-state index in [9.17, 15) is 10.2 Å². The van der Waals surface area contributed by atoms with E-state index in [4.69, 9.17) is 18.9 Å². The van der Waals surface area contributed by atoms with E-state index in [0.29, 0.717) is 22.8 Å². The maximum atomic E-state index is 10.8. The SMILES string of the molecule is COc1cc2c(cc1O)[C@H]1O[C@@H](O)c3c(ccc4c3OCO4)[C@H]1N(C)CC2. The molecule has 3 heterocycles. The number of aliphatic hydroxyl groups excluding tert-OH is 1. The van der Waals surface area contributed by atoms with Crippen LogP contribution in [0.5, 0.6) is 23.0 Å². The van der Waals surface area contributed by atoms with Crippen LogP contribution in [0.2, 0.25) is 0 Å². The van der Waals surface area contributed by atoms with Crippen LogP contribution < -0.4 is 14.2 Å². The second-order valence-electron chi connectivity index (χ2n) is 7.11. The van der Waals surface area contributed by atoms with Gasteiger partial charge in [-0.05, 0) is 48.4 Å². The molecule has 142 valence electrons. The Labute approximate surface area is 156 Å². The lowest BCUT2D eigenvalue weighted by Gasteiger charge is -2.40. The van der Waals surface area contributed by atoms with E-state index < -0.39 is 12.4 Å². The predicted octanol–water partition coefficient (Wildman–Crippen LogP) is 2.42. The summed E-state index contributed by atoms with van der Waals surface area (Å²) in [5.74, 6) is 1.67. The molecule has 7 heteroatoms. The second kappa shape index (κ2) is 6.02. The van der Waals surface area contributed by atoms with Crippen LogP contribution in [-0.2, 0) is 11.2 Å². The summed E-state index contributed by atoms with van der Waals surface area (Å²) in [7, 11) is 3.57. The average Bonchev–Trinajstić information content (AvgIpc) is 3.10. The van der Waals surface area contributed by atoms with Gasteiger partial charge < -0.3 is 29.2 Å². The van der Waals surface area contributed by atoms with Crippen molar-refractivity contribution in [1.82, 2.24) is 4.90 Å². The molecule has 27 heavy (non-hydrogen) atoms. The van der Waals surface area contributed by atoms with E-state index >= 15 is 0 Å². The van der Waals surface area contributed by atoms with Crippen molar-refractivity contribution < 1.29 is 29.2 Å². The lowest BCUT2D eigenvalue weighted by Crippen LogP contribution is -2.35. The number of hydrogen-bond donors (Lipinski definition) is 2. The molecule has 0 saturated carbocycles. The molecule has 2 N–H and O–H groups in total. The fraction of sp³-hybridized carbons (Fsp3) is 0.400. The maximum Gasteiger partial charge on any atom is 0.231 e. The van der Waals surface area contributed by atoms with Gasteiger partial charge in [-0.2, -0.15) is 0 Å². The van der Waals surface area contributed by atoms with Crippen LogP contribution >= 0.6 is 0 Å². The lowest BCUT2D eigenvalue weighted by molar-refractivity contribution is -0.174. The number of methoxy groups -OCH3 is 1. The van der Waals surface area contributed by atoms with Crippen LogP contribution in [0.3, 0.4) is 0 Å². The van der Waals surface area contributed by atoms with E-state index in [2.05, 4.69) is 4.90 Å². The van der Waals surface area contributed by atoms with Gasteiger partial charge >= 0.3 is 0 Å². The van der Waals surface area contributed by atoms with E-state index in [0.717, 1.165) is 29.7 Å². The van der Waals surface area contributed by atoms with Gasteiger partial charge in [-0.3, -0.25) is 4.90 Å². The third-order valence-electron chi connectivity index (χ3n) is 5.70. The zero-order chi connectivity index (χ0) is 18.7. The topological polar surface area (TPSA) is 80.6 Å². The van der Waals surface area contributed by atoms with Crippen LogP contribution in [0.15, 0.2) is 24.3 Å². The summed E-state index contributed by atoms with van der Waals surface area (Å²) in [5.41, 5.74) is 3.48. The Hall–Kier alpha value is -2.48. The molecule has 0 radical (unpaired) electrons. The summed E-state index contributed by atoms with van der Waals surface area (Å²) in [6.07, 6.45) is -0.775. The van der Waals surface area contributed by atoms with Gasteiger partial charge in [0, 0.05) is 6.54 Å². The summed E-state index contributed by atoms with van der Waals surface area (Å²) in [5, 5.41) is 21.1. The monoisotopic (exact) mass is 371 g/mol. The molecule has 2 aromatic rings. The summed E-state index contributed by atoms with van der Waals surface area (Å²) in [4.78, 5) is 2.21. The number of phenolic OH excluding ortho intramolecular Hbond substituents is 1. The van der Waals surface area contributed by atoms with Gasteiger partial charge in [0.25, 0.3) is 0 Å². The highest BCUT2D eigenvalue weighted by molar-refractivity contribution is 5.56. The fourth-order valence-corrected chi connectivity index (χ4v) is 4.39.